The molecule has 0 saturated carbocycles. The van der Waals surface area contributed by atoms with E-state index in [1.54, 1.807) is 13.1 Å². The van der Waals surface area contributed by atoms with E-state index in [2.05, 4.69) is 5.32 Å². The Kier molecular flexibility index (Phi) is 4.29. The van der Waals surface area contributed by atoms with Crippen LogP contribution >= 0.6 is 0 Å². The number of aromatic nitrogens is 1. The van der Waals surface area contributed by atoms with Crippen LogP contribution < -0.4 is 10.9 Å². The van der Waals surface area contributed by atoms with Gasteiger partial charge in [0.2, 0.25) is 0 Å². The molecule has 0 spiro atoms. The number of aliphatic hydroxyl groups excluding tert-OH is 1. The molecule has 5 heteroatoms. The van der Waals surface area contributed by atoms with E-state index in [1.807, 2.05) is 20.8 Å². The second kappa shape index (κ2) is 5.35. The summed E-state index contributed by atoms with van der Waals surface area (Å²) in [4.78, 5) is 23.1. The van der Waals surface area contributed by atoms with Crippen molar-refractivity contribution in [2.24, 2.45) is 12.5 Å². The molecule has 0 aliphatic rings. The Hall–Kier alpha value is -1.62. The first-order chi connectivity index (χ1) is 8.21. The lowest BCUT2D eigenvalue weighted by molar-refractivity contribution is 0.0587. The topological polar surface area (TPSA) is 71.3 Å². The van der Waals surface area contributed by atoms with Crippen LogP contribution in [0.1, 0.15) is 31.1 Å². The van der Waals surface area contributed by atoms with Gasteiger partial charge >= 0.3 is 0 Å². The number of aryl methyl sites for hydroxylation is 1. The molecule has 1 aromatic heterocycles. The highest BCUT2D eigenvalue weighted by atomic mass is 16.3. The largest absolute Gasteiger partial charge is 0.391 e. The molecule has 2 N–H and O–H groups in total. The van der Waals surface area contributed by atoms with Crippen LogP contribution in [-0.2, 0) is 7.05 Å². The number of pyridine rings is 1. The molecule has 1 amide bonds. The van der Waals surface area contributed by atoms with Gasteiger partial charge in [0.05, 0.1) is 6.10 Å². The van der Waals surface area contributed by atoms with E-state index >= 15 is 0 Å². The van der Waals surface area contributed by atoms with Crippen molar-refractivity contribution in [1.82, 2.24) is 9.88 Å². The standard InChI is InChI=1S/C13H20N2O3/c1-13(2,3)10(16)8-14-12(18)9-5-6-15(4)11(17)7-9/h5-7,10,16H,8H2,1-4H3,(H,14,18). The van der Waals surface area contributed by atoms with Gasteiger partial charge in [-0.15, -0.1) is 0 Å². The molecular formula is C13H20N2O3. The number of hydrogen-bond acceptors (Lipinski definition) is 3. The number of aliphatic hydroxyl groups is 1. The van der Waals surface area contributed by atoms with Crippen LogP contribution in [0, 0.1) is 5.41 Å². The van der Waals surface area contributed by atoms with Crippen molar-refractivity contribution in [3.63, 3.8) is 0 Å². The van der Waals surface area contributed by atoms with Crippen LogP contribution in [0.2, 0.25) is 0 Å². The van der Waals surface area contributed by atoms with Crippen molar-refractivity contribution in [3.05, 3.63) is 34.2 Å². The first kappa shape index (κ1) is 14.4. The minimum absolute atomic E-state index is 0.164. The van der Waals surface area contributed by atoms with Gasteiger partial charge in [-0.1, -0.05) is 20.8 Å². The lowest BCUT2D eigenvalue weighted by Crippen LogP contribution is -2.39. The van der Waals surface area contributed by atoms with E-state index in [-0.39, 0.29) is 23.4 Å². The smallest absolute Gasteiger partial charge is 0.251 e. The molecule has 18 heavy (non-hydrogen) atoms. The third-order valence-electron chi connectivity index (χ3n) is 2.82. The quantitative estimate of drug-likeness (QED) is 0.824. The highest BCUT2D eigenvalue weighted by molar-refractivity contribution is 5.93. The summed E-state index contributed by atoms with van der Waals surface area (Å²) >= 11 is 0. The van der Waals surface area contributed by atoms with Gasteiger partial charge in [-0.3, -0.25) is 9.59 Å². The fourth-order valence-corrected chi connectivity index (χ4v) is 1.29. The van der Waals surface area contributed by atoms with E-state index in [0.29, 0.717) is 5.56 Å². The number of nitrogens with zero attached hydrogens (tertiary/aromatic N) is 1. The summed E-state index contributed by atoms with van der Waals surface area (Å²) in [6.45, 7) is 5.84. The summed E-state index contributed by atoms with van der Waals surface area (Å²) < 4.78 is 1.39. The summed E-state index contributed by atoms with van der Waals surface area (Å²) in [5.74, 6) is -0.351. The van der Waals surface area contributed by atoms with E-state index in [0.717, 1.165) is 0 Å². The van der Waals surface area contributed by atoms with Crippen LogP contribution in [0.25, 0.3) is 0 Å². The van der Waals surface area contributed by atoms with Gasteiger partial charge in [-0.05, 0) is 11.5 Å². The van der Waals surface area contributed by atoms with Gasteiger partial charge in [0, 0.05) is 31.4 Å². The zero-order valence-corrected chi connectivity index (χ0v) is 11.2. The number of amides is 1. The molecule has 1 rings (SSSR count). The molecule has 0 bridgehead atoms. The predicted molar refractivity (Wildman–Crippen MR) is 69.5 cm³/mol. The Labute approximate surface area is 106 Å². The van der Waals surface area contributed by atoms with Crippen LogP contribution in [0.5, 0.6) is 0 Å². The second-order valence-corrected chi connectivity index (χ2v) is 5.46. The third kappa shape index (κ3) is 3.70. The predicted octanol–water partition coefficient (Wildman–Crippen LogP) is 0.522. The first-order valence-corrected chi connectivity index (χ1v) is 5.85. The maximum Gasteiger partial charge on any atom is 0.251 e. The Morgan fingerprint density at radius 2 is 2.11 bits per heavy atom. The first-order valence-electron chi connectivity index (χ1n) is 5.85. The zero-order chi connectivity index (χ0) is 13.9. The van der Waals surface area contributed by atoms with Crippen molar-refractivity contribution in [2.45, 2.75) is 26.9 Å². The molecule has 0 radical (unpaired) electrons. The Morgan fingerprint density at radius 1 is 1.50 bits per heavy atom. The Bertz CT molecular complexity index is 486. The summed E-state index contributed by atoms with van der Waals surface area (Å²) in [5, 5.41) is 12.4. The summed E-state index contributed by atoms with van der Waals surface area (Å²) in [7, 11) is 1.62. The minimum atomic E-state index is -0.631. The van der Waals surface area contributed by atoms with Gasteiger partial charge in [-0.2, -0.15) is 0 Å². The van der Waals surface area contributed by atoms with Crippen LogP contribution in [0.4, 0.5) is 0 Å². The Morgan fingerprint density at radius 3 is 2.61 bits per heavy atom. The molecule has 0 aliphatic heterocycles. The normalized spacial score (nSPS) is 13.2. The molecule has 1 heterocycles. The lowest BCUT2D eigenvalue weighted by atomic mass is 9.89. The monoisotopic (exact) mass is 252 g/mol. The molecule has 1 aromatic rings. The number of hydrogen-bond donors (Lipinski definition) is 2. The molecule has 0 saturated heterocycles. The van der Waals surface area contributed by atoms with E-state index in [9.17, 15) is 14.7 Å². The van der Waals surface area contributed by atoms with Crippen molar-refractivity contribution < 1.29 is 9.90 Å². The molecular weight excluding hydrogens is 232 g/mol. The van der Waals surface area contributed by atoms with E-state index in [4.69, 9.17) is 0 Å². The van der Waals surface area contributed by atoms with Crippen LogP contribution in [0.15, 0.2) is 23.1 Å². The molecule has 5 nitrogen and oxygen atoms in total. The summed E-state index contributed by atoms with van der Waals surface area (Å²) in [6.07, 6.45) is 0.908. The van der Waals surface area contributed by atoms with Gasteiger partial charge < -0.3 is 15.0 Å². The van der Waals surface area contributed by atoms with Crippen molar-refractivity contribution >= 4 is 5.91 Å². The number of rotatable bonds is 3. The number of carbonyl (C=O) groups is 1. The van der Waals surface area contributed by atoms with Gasteiger partial charge in [0.15, 0.2) is 0 Å². The molecule has 1 unspecified atom stereocenters. The van der Waals surface area contributed by atoms with Crippen molar-refractivity contribution in [2.75, 3.05) is 6.54 Å². The van der Waals surface area contributed by atoms with E-state index in [1.165, 1.54) is 16.8 Å². The Balaban J connectivity index is 2.66. The van der Waals surface area contributed by atoms with E-state index < -0.39 is 6.10 Å². The highest BCUT2D eigenvalue weighted by Crippen LogP contribution is 2.18. The SMILES string of the molecule is Cn1ccc(C(=O)NCC(O)C(C)(C)C)cc1=O. The van der Waals surface area contributed by atoms with Crippen LogP contribution in [0.3, 0.4) is 0 Å². The molecule has 0 fully saturated rings. The van der Waals surface area contributed by atoms with Crippen LogP contribution in [-0.4, -0.2) is 28.2 Å². The number of carbonyl (C=O) groups excluding carboxylic acids is 1. The third-order valence-corrected chi connectivity index (χ3v) is 2.82. The number of nitrogens with one attached hydrogen (secondary N) is 1. The van der Waals surface area contributed by atoms with Crippen molar-refractivity contribution in [3.8, 4) is 0 Å². The molecule has 0 aromatic carbocycles. The second-order valence-electron chi connectivity index (χ2n) is 5.46. The summed E-state index contributed by atoms with van der Waals surface area (Å²) in [5.41, 5.74) is -0.224. The highest BCUT2D eigenvalue weighted by Gasteiger charge is 2.22. The maximum atomic E-state index is 11.8. The van der Waals surface area contributed by atoms with Gasteiger partial charge in [0.1, 0.15) is 0 Å². The average Bonchev–Trinajstić information content (AvgIpc) is 2.27. The summed E-state index contributed by atoms with van der Waals surface area (Å²) in [6, 6.07) is 2.85. The zero-order valence-electron chi connectivity index (χ0n) is 11.2. The maximum absolute atomic E-state index is 11.8. The minimum Gasteiger partial charge on any atom is -0.391 e. The van der Waals surface area contributed by atoms with Gasteiger partial charge in [0.25, 0.3) is 11.5 Å². The molecule has 0 aliphatic carbocycles. The lowest BCUT2D eigenvalue weighted by Gasteiger charge is -2.25. The molecule has 100 valence electrons. The fraction of sp³-hybridized carbons (Fsp3) is 0.538. The fourth-order valence-electron chi connectivity index (χ4n) is 1.29. The van der Waals surface area contributed by atoms with Gasteiger partial charge in [-0.25, -0.2) is 0 Å². The average molecular weight is 252 g/mol. The van der Waals surface area contributed by atoms with Crippen molar-refractivity contribution in [1.29, 1.82) is 0 Å². The molecule has 1 atom stereocenters.